The average molecular weight is 327 g/mol. The van der Waals surface area contributed by atoms with Crippen LogP contribution in [0.4, 0.5) is 0 Å². The topological polar surface area (TPSA) is 37.2 Å². The van der Waals surface area contributed by atoms with Gasteiger partial charge in [0.25, 0.3) is 0 Å². The Labute approximate surface area is 145 Å². The van der Waals surface area contributed by atoms with E-state index >= 15 is 0 Å². The molecule has 0 bridgehead atoms. The molecule has 1 aliphatic rings. The molecule has 0 aromatic carbocycles. The van der Waals surface area contributed by atoms with Crippen molar-refractivity contribution in [1.29, 1.82) is 0 Å². The van der Waals surface area contributed by atoms with Crippen LogP contribution in [-0.2, 0) is 13.1 Å². The fourth-order valence-electron chi connectivity index (χ4n) is 3.65. The molecule has 2 aromatic rings. The van der Waals surface area contributed by atoms with Crippen LogP contribution in [0.25, 0.3) is 0 Å². The van der Waals surface area contributed by atoms with Crippen LogP contribution in [-0.4, -0.2) is 51.0 Å². The van der Waals surface area contributed by atoms with Gasteiger partial charge in [0.1, 0.15) is 5.82 Å². The summed E-state index contributed by atoms with van der Waals surface area (Å²) in [4.78, 5) is 13.7. The Morgan fingerprint density at radius 2 is 2.21 bits per heavy atom. The fourth-order valence-corrected chi connectivity index (χ4v) is 3.65. The zero-order valence-corrected chi connectivity index (χ0v) is 15.1. The maximum absolute atomic E-state index is 4.55. The minimum Gasteiger partial charge on any atom is -0.331 e. The third-order valence-corrected chi connectivity index (χ3v) is 4.79. The maximum atomic E-state index is 4.55. The summed E-state index contributed by atoms with van der Waals surface area (Å²) in [5, 5.41) is 0. The normalized spacial score (nSPS) is 18.8. The van der Waals surface area contributed by atoms with Crippen molar-refractivity contribution in [3.63, 3.8) is 0 Å². The van der Waals surface area contributed by atoms with Crippen molar-refractivity contribution in [2.75, 3.05) is 26.7 Å². The molecule has 1 saturated heterocycles. The van der Waals surface area contributed by atoms with E-state index in [-0.39, 0.29) is 0 Å². The van der Waals surface area contributed by atoms with Crippen molar-refractivity contribution in [2.45, 2.75) is 39.4 Å². The summed E-state index contributed by atoms with van der Waals surface area (Å²) in [6.45, 7) is 9.86. The van der Waals surface area contributed by atoms with Crippen LogP contribution in [0, 0.1) is 5.92 Å². The maximum Gasteiger partial charge on any atom is 0.123 e. The zero-order chi connectivity index (χ0) is 16.9. The quantitative estimate of drug-likeness (QED) is 0.784. The first-order chi connectivity index (χ1) is 11.6. The largest absolute Gasteiger partial charge is 0.331 e. The number of likely N-dealkylation sites (tertiary alicyclic amines) is 1. The van der Waals surface area contributed by atoms with Crippen LogP contribution in [0.1, 0.15) is 37.7 Å². The molecule has 3 rings (SSSR count). The number of pyridine rings is 1. The van der Waals surface area contributed by atoms with E-state index in [1.54, 1.807) is 0 Å². The molecule has 130 valence electrons. The molecule has 1 aliphatic heterocycles. The molecule has 2 aromatic heterocycles. The number of nitrogens with zero attached hydrogens (tertiary/aromatic N) is 5. The lowest BCUT2D eigenvalue weighted by Gasteiger charge is -2.22. The smallest absolute Gasteiger partial charge is 0.123 e. The number of aromatic nitrogens is 3. The molecule has 0 saturated carbocycles. The Balaban J connectivity index is 1.47. The van der Waals surface area contributed by atoms with Crippen LogP contribution >= 0.6 is 0 Å². The predicted octanol–water partition coefficient (Wildman–Crippen LogP) is 2.81. The van der Waals surface area contributed by atoms with E-state index in [2.05, 4.69) is 57.5 Å². The Bertz CT molecular complexity index is 622. The molecule has 1 fully saturated rings. The highest BCUT2D eigenvalue weighted by Crippen LogP contribution is 2.20. The van der Waals surface area contributed by atoms with Gasteiger partial charge in [0.15, 0.2) is 0 Å². The highest BCUT2D eigenvalue weighted by atomic mass is 15.2. The van der Waals surface area contributed by atoms with E-state index in [0.29, 0.717) is 6.04 Å². The SMILES string of the molecule is CC(C)n1ccnc1CN1CCC(CN(C)Cc2cccnc2)C1. The predicted molar refractivity (Wildman–Crippen MR) is 96.6 cm³/mol. The number of hydrogen-bond acceptors (Lipinski definition) is 4. The van der Waals surface area contributed by atoms with Gasteiger partial charge >= 0.3 is 0 Å². The molecular formula is C19H29N5. The summed E-state index contributed by atoms with van der Waals surface area (Å²) in [5.74, 6) is 1.93. The lowest BCUT2D eigenvalue weighted by molar-refractivity contribution is 0.250. The van der Waals surface area contributed by atoms with Crippen molar-refractivity contribution >= 4 is 0 Å². The van der Waals surface area contributed by atoms with E-state index in [0.717, 1.165) is 25.6 Å². The van der Waals surface area contributed by atoms with Gasteiger partial charge in [-0.25, -0.2) is 4.98 Å². The summed E-state index contributed by atoms with van der Waals surface area (Å²) in [5.41, 5.74) is 1.29. The summed E-state index contributed by atoms with van der Waals surface area (Å²) < 4.78 is 2.28. The number of rotatable bonds is 7. The Kier molecular flexibility index (Phi) is 5.63. The second kappa shape index (κ2) is 7.90. The lowest BCUT2D eigenvalue weighted by atomic mass is 10.1. The highest BCUT2D eigenvalue weighted by molar-refractivity contribution is 5.08. The van der Waals surface area contributed by atoms with Crippen LogP contribution in [0.2, 0.25) is 0 Å². The second-order valence-electron chi connectivity index (χ2n) is 7.29. The van der Waals surface area contributed by atoms with Crippen molar-refractivity contribution in [3.05, 3.63) is 48.3 Å². The Hall–Kier alpha value is -1.72. The summed E-state index contributed by atoms with van der Waals surface area (Å²) in [6.07, 6.45) is 9.09. The third-order valence-electron chi connectivity index (χ3n) is 4.79. The average Bonchev–Trinajstić information content (AvgIpc) is 3.18. The van der Waals surface area contributed by atoms with Gasteiger partial charge in [-0.15, -0.1) is 0 Å². The molecular weight excluding hydrogens is 298 g/mol. The van der Waals surface area contributed by atoms with Gasteiger partial charge in [0.2, 0.25) is 0 Å². The van der Waals surface area contributed by atoms with Crippen molar-refractivity contribution in [1.82, 2.24) is 24.3 Å². The van der Waals surface area contributed by atoms with E-state index < -0.39 is 0 Å². The zero-order valence-electron chi connectivity index (χ0n) is 15.1. The van der Waals surface area contributed by atoms with Crippen LogP contribution in [0.3, 0.4) is 0 Å². The van der Waals surface area contributed by atoms with Gasteiger partial charge in [-0.2, -0.15) is 0 Å². The van der Waals surface area contributed by atoms with Crippen molar-refractivity contribution in [2.24, 2.45) is 5.92 Å². The van der Waals surface area contributed by atoms with Gasteiger partial charge < -0.3 is 9.47 Å². The van der Waals surface area contributed by atoms with E-state index in [9.17, 15) is 0 Å². The van der Waals surface area contributed by atoms with E-state index in [1.807, 2.05) is 24.7 Å². The Morgan fingerprint density at radius 1 is 1.33 bits per heavy atom. The molecule has 3 heterocycles. The first kappa shape index (κ1) is 17.1. The van der Waals surface area contributed by atoms with Crippen LogP contribution in [0.15, 0.2) is 36.9 Å². The molecule has 5 heteroatoms. The molecule has 24 heavy (non-hydrogen) atoms. The van der Waals surface area contributed by atoms with Crippen LogP contribution in [0.5, 0.6) is 0 Å². The first-order valence-corrected chi connectivity index (χ1v) is 8.93. The Morgan fingerprint density at radius 3 is 2.96 bits per heavy atom. The molecule has 0 spiro atoms. The van der Waals surface area contributed by atoms with Crippen molar-refractivity contribution < 1.29 is 0 Å². The molecule has 0 aliphatic carbocycles. The fraction of sp³-hybridized carbons (Fsp3) is 0.579. The van der Waals surface area contributed by atoms with Crippen molar-refractivity contribution in [3.8, 4) is 0 Å². The van der Waals surface area contributed by atoms with E-state index in [1.165, 1.54) is 30.9 Å². The van der Waals surface area contributed by atoms with Gasteiger partial charge in [-0.1, -0.05) is 6.07 Å². The van der Waals surface area contributed by atoms with Gasteiger partial charge in [0, 0.05) is 50.5 Å². The summed E-state index contributed by atoms with van der Waals surface area (Å²) >= 11 is 0. The highest BCUT2D eigenvalue weighted by Gasteiger charge is 2.24. The molecule has 0 N–H and O–H groups in total. The molecule has 0 amide bonds. The molecule has 0 radical (unpaired) electrons. The molecule has 1 atom stereocenters. The lowest BCUT2D eigenvalue weighted by Crippen LogP contribution is -2.28. The molecule has 5 nitrogen and oxygen atoms in total. The third kappa shape index (κ3) is 4.42. The van der Waals surface area contributed by atoms with E-state index in [4.69, 9.17) is 0 Å². The van der Waals surface area contributed by atoms with Gasteiger partial charge in [-0.3, -0.25) is 9.88 Å². The number of imidazole rings is 1. The second-order valence-corrected chi connectivity index (χ2v) is 7.29. The number of hydrogen-bond donors (Lipinski definition) is 0. The minimum absolute atomic E-state index is 0.478. The minimum atomic E-state index is 0.478. The van der Waals surface area contributed by atoms with Gasteiger partial charge in [-0.05, 0) is 51.4 Å². The van der Waals surface area contributed by atoms with Gasteiger partial charge in [0.05, 0.1) is 6.54 Å². The first-order valence-electron chi connectivity index (χ1n) is 8.93. The standard InChI is InChI=1S/C19H29N5/c1-16(2)24-10-8-21-19(24)15-23-9-6-18(14-23)13-22(3)12-17-5-4-7-20-11-17/h4-5,7-8,10-11,16,18H,6,9,12-15H2,1-3H3. The monoisotopic (exact) mass is 327 g/mol. The molecule has 1 unspecified atom stereocenters. The summed E-state index contributed by atoms with van der Waals surface area (Å²) in [6, 6.07) is 4.64. The van der Waals surface area contributed by atoms with Crippen LogP contribution < -0.4 is 0 Å². The summed E-state index contributed by atoms with van der Waals surface area (Å²) in [7, 11) is 2.21.